The highest BCUT2D eigenvalue weighted by atomic mass is 32.1. The number of aromatic nitrogens is 3. The lowest BCUT2D eigenvalue weighted by molar-refractivity contribution is -0.141. The molecule has 4 nitrogen and oxygen atoms in total. The van der Waals surface area contributed by atoms with Crippen molar-refractivity contribution in [1.82, 2.24) is 14.8 Å². The number of nitrogens with zero attached hydrogens (tertiary/aromatic N) is 3. The zero-order valence-electron chi connectivity index (χ0n) is 9.55. The Kier molecular flexibility index (Phi) is 3.52. The monoisotopic (exact) mass is 286 g/mol. The van der Waals surface area contributed by atoms with Crippen LogP contribution in [0.3, 0.4) is 0 Å². The van der Waals surface area contributed by atoms with Crippen LogP contribution in [0.25, 0.3) is 0 Å². The van der Waals surface area contributed by atoms with E-state index < -0.39 is 11.9 Å². The Labute approximate surface area is 112 Å². The summed E-state index contributed by atoms with van der Waals surface area (Å²) in [6.45, 7) is 0.122. The molecule has 0 aliphatic rings. The number of halogens is 3. The Morgan fingerprint density at radius 2 is 2.11 bits per heavy atom. The van der Waals surface area contributed by atoms with Crippen molar-refractivity contribution in [2.75, 3.05) is 0 Å². The van der Waals surface area contributed by atoms with Gasteiger partial charge in [0, 0.05) is 18.0 Å². The fourth-order valence-corrected chi connectivity index (χ4v) is 1.75. The fourth-order valence-electron chi connectivity index (χ4n) is 1.56. The lowest BCUT2D eigenvalue weighted by Crippen LogP contribution is -2.16. The van der Waals surface area contributed by atoms with E-state index in [1.807, 2.05) is 0 Å². The molecule has 0 amide bonds. The van der Waals surface area contributed by atoms with Gasteiger partial charge in [-0.05, 0) is 12.1 Å². The molecule has 2 rings (SSSR count). The Morgan fingerprint density at radius 3 is 2.68 bits per heavy atom. The van der Waals surface area contributed by atoms with E-state index in [2.05, 4.69) is 10.1 Å². The summed E-state index contributed by atoms with van der Waals surface area (Å²) < 4.78 is 38.4. The average Bonchev–Trinajstić information content (AvgIpc) is 2.77. The molecule has 0 saturated carbocycles. The molecule has 0 fully saturated rings. The standard InChI is InChI=1S/C11H9F3N4S/c12-11(13,14)8-3-5-18(17-8)6-7-2-1-4-16-9(7)10(15)19/h1-5H,6H2,(H2,15,19). The fraction of sp³-hybridized carbons (Fsp3) is 0.182. The van der Waals surface area contributed by atoms with E-state index in [1.54, 1.807) is 12.1 Å². The van der Waals surface area contributed by atoms with Crippen LogP contribution in [0.1, 0.15) is 17.0 Å². The number of hydrogen-bond acceptors (Lipinski definition) is 3. The lowest BCUT2D eigenvalue weighted by Gasteiger charge is -2.07. The summed E-state index contributed by atoms with van der Waals surface area (Å²) >= 11 is 4.84. The molecule has 0 atom stereocenters. The molecular weight excluding hydrogens is 277 g/mol. The van der Waals surface area contributed by atoms with Gasteiger partial charge in [-0.1, -0.05) is 18.3 Å². The van der Waals surface area contributed by atoms with Crippen LogP contribution in [0.2, 0.25) is 0 Å². The molecule has 0 saturated heterocycles. The van der Waals surface area contributed by atoms with Crippen molar-refractivity contribution in [2.45, 2.75) is 12.7 Å². The third-order valence-corrected chi connectivity index (χ3v) is 2.58. The Hall–Kier alpha value is -1.96. The van der Waals surface area contributed by atoms with E-state index in [4.69, 9.17) is 18.0 Å². The van der Waals surface area contributed by atoms with Crippen LogP contribution in [0, 0.1) is 0 Å². The molecule has 0 bridgehead atoms. The van der Waals surface area contributed by atoms with Gasteiger partial charge in [0.25, 0.3) is 0 Å². The highest BCUT2D eigenvalue weighted by Crippen LogP contribution is 2.27. The van der Waals surface area contributed by atoms with Gasteiger partial charge in [-0.25, -0.2) is 0 Å². The molecule has 0 aliphatic carbocycles. The molecule has 8 heteroatoms. The van der Waals surface area contributed by atoms with Crippen LogP contribution in [0.4, 0.5) is 13.2 Å². The minimum Gasteiger partial charge on any atom is -0.388 e. The van der Waals surface area contributed by atoms with E-state index in [0.29, 0.717) is 11.3 Å². The average molecular weight is 286 g/mol. The summed E-state index contributed by atoms with van der Waals surface area (Å²) in [4.78, 5) is 4.10. The summed E-state index contributed by atoms with van der Waals surface area (Å²) in [5.74, 6) is 0. The number of hydrogen-bond donors (Lipinski definition) is 1. The predicted octanol–water partition coefficient (Wildman–Crippen LogP) is 1.98. The number of thiocarbonyl (C=S) groups is 1. The highest BCUT2D eigenvalue weighted by molar-refractivity contribution is 7.80. The van der Waals surface area contributed by atoms with Crippen molar-refractivity contribution in [1.29, 1.82) is 0 Å². The predicted molar refractivity (Wildman–Crippen MR) is 66.5 cm³/mol. The molecule has 2 heterocycles. The van der Waals surface area contributed by atoms with E-state index in [0.717, 1.165) is 6.07 Å². The van der Waals surface area contributed by atoms with Gasteiger partial charge in [0.15, 0.2) is 5.69 Å². The normalized spacial score (nSPS) is 11.5. The van der Waals surface area contributed by atoms with Crippen molar-refractivity contribution >= 4 is 17.2 Å². The molecule has 2 aromatic heterocycles. The second-order valence-electron chi connectivity index (χ2n) is 3.77. The van der Waals surface area contributed by atoms with Gasteiger partial charge in [0.2, 0.25) is 0 Å². The maximum Gasteiger partial charge on any atom is 0.435 e. The van der Waals surface area contributed by atoms with Crippen molar-refractivity contribution < 1.29 is 13.2 Å². The van der Waals surface area contributed by atoms with Crippen LogP contribution < -0.4 is 5.73 Å². The van der Waals surface area contributed by atoms with Crippen molar-refractivity contribution in [2.24, 2.45) is 5.73 Å². The Bertz CT molecular complexity index is 606. The minimum absolute atomic E-state index is 0.0961. The third kappa shape index (κ3) is 3.08. The van der Waals surface area contributed by atoms with E-state index >= 15 is 0 Å². The molecule has 0 unspecified atom stereocenters. The quantitative estimate of drug-likeness (QED) is 0.877. The van der Waals surface area contributed by atoms with E-state index in [-0.39, 0.29) is 11.5 Å². The van der Waals surface area contributed by atoms with Crippen molar-refractivity contribution in [3.63, 3.8) is 0 Å². The highest BCUT2D eigenvalue weighted by Gasteiger charge is 2.33. The molecule has 0 aromatic carbocycles. The van der Waals surface area contributed by atoms with E-state index in [1.165, 1.54) is 17.1 Å². The molecule has 19 heavy (non-hydrogen) atoms. The minimum atomic E-state index is -4.45. The van der Waals surface area contributed by atoms with E-state index in [9.17, 15) is 13.2 Å². The van der Waals surface area contributed by atoms with Crippen LogP contribution >= 0.6 is 12.2 Å². The number of pyridine rings is 1. The number of alkyl halides is 3. The van der Waals surface area contributed by atoms with Gasteiger partial charge in [-0.15, -0.1) is 0 Å². The largest absolute Gasteiger partial charge is 0.435 e. The first-order valence-electron chi connectivity index (χ1n) is 5.22. The number of rotatable bonds is 3. The molecule has 0 spiro atoms. The summed E-state index contributed by atoms with van der Waals surface area (Å²) in [7, 11) is 0. The summed E-state index contributed by atoms with van der Waals surface area (Å²) in [5, 5.41) is 3.46. The van der Waals surface area contributed by atoms with Gasteiger partial charge >= 0.3 is 6.18 Å². The Balaban J connectivity index is 2.27. The second kappa shape index (κ2) is 4.96. The second-order valence-corrected chi connectivity index (χ2v) is 4.21. The smallest absolute Gasteiger partial charge is 0.388 e. The molecule has 100 valence electrons. The lowest BCUT2D eigenvalue weighted by atomic mass is 10.2. The van der Waals surface area contributed by atoms with Crippen LogP contribution in [-0.2, 0) is 12.7 Å². The third-order valence-electron chi connectivity index (χ3n) is 2.39. The zero-order valence-corrected chi connectivity index (χ0v) is 10.4. The molecule has 2 N–H and O–H groups in total. The van der Waals surface area contributed by atoms with Crippen LogP contribution in [0.15, 0.2) is 30.6 Å². The first kappa shape index (κ1) is 13.5. The maximum atomic E-state index is 12.4. The summed E-state index contributed by atoms with van der Waals surface area (Å²) in [5.41, 5.74) is 5.57. The molecular formula is C11H9F3N4S. The first-order chi connectivity index (χ1) is 8.88. The topological polar surface area (TPSA) is 56.7 Å². The first-order valence-corrected chi connectivity index (χ1v) is 5.63. The maximum absolute atomic E-state index is 12.4. The summed E-state index contributed by atoms with van der Waals surface area (Å²) in [6.07, 6.45) is -1.69. The van der Waals surface area contributed by atoms with Gasteiger partial charge in [0.1, 0.15) is 10.7 Å². The van der Waals surface area contributed by atoms with Crippen molar-refractivity contribution in [3.8, 4) is 0 Å². The SMILES string of the molecule is NC(=S)c1ncccc1Cn1ccc(C(F)(F)F)n1. The zero-order chi connectivity index (χ0) is 14.0. The van der Waals surface area contributed by atoms with Crippen LogP contribution in [0.5, 0.6) is 0 Å². The van der Waals surface area contributed by atoms with Gasteiger partial charge in [0.05, 0.1) is 6.54 Å². The van der Waals surface area contributed by atoms with Gasteiger partial charge < -0.3 is 5.73 Å². The van der Waals surface area contributed by atoms with Gasteiger partial charge in [-0.3, -0.25) is 9.67 Å². The molecule has 2 aromatic rings. The molecule has 0 radical (unpaired) electrons. The van der Waals surface area contributed by atoms with Gasteiger partial charge in [-0.2, -0.15) is 18.3 Å². The van der Waals surface area contributed by atoms with Crippen molar-refractivity contribution in [3.05, 3.63) is 47.5 Å². The number of nitrogens with two attached hydrogens (primary N) is 1. The Morgan fingerprint density at radius 1 is 1.37 bits per heavy atom. The molecule has 0 aliphatic heterocycles. The summed E-state index contributed by atoms with van der Waals surface area (Å²) in [6, 6.07) is 4.26. The van der Waals surface area contributed by atoms with Crippen LogP contribution in [-0.4, -0.2) is 19.8 Å².